The second-order valence-corrected chi connectivity index (χ2v) is 5.65. The van der Waals surface area contributed by atoms with Crippen LogP contribution in [0.25, 0.3) is 0 Å². The Morgan fingerprint density at radius 3 is 2.57 bits per heavy atom. The zero-order valence-corrected chi connectivity index (χ0v) is 12.0. The number of benzene rings is 1. The first-order valence-electron chi connectivity index (χ1n) is 6.93. The number of hydrogen-bond donors (Lipinski definition) is 3. The highest BCUT2D eigenvalue weighted by atomic mass is 16.4. The molecule has 6 heteroatoms. The Morgan fingerprint density at radius 2 is 2.00 bits per heavy atom. The summed E-state index contributed by atoms with van der Waals surface area (Å²) in [7, 11) is 0. The van der Waals surface area contributed by atoms with E-state index in [9.17, 15) is 19.8 Å². The number of nitrogens with zero attached hydrogens (tertiary/aromatic N) is 1. The van der Waals surface area contributed by atoms with Crippen LogP contribution in [0.15, 0.2) is 24.3 Å². The summed E-state index contributed by atoms with van der Waals surface area (Å²) in [4.78, 5) is 25.2. The molecule has 1 fully saturated rings. The summed E-state index contributed by atoms with van der Waals surface area (Å²) in [6.45, 7) is 1.98. The van der Waals surface area contributed by atoms with E-state index in [0.29, 0.717) is 25.8 Å². The summed E-state index contributed by atoms with van der Waals surface area (Å²) in [5, 5.41) is 18.6. The highest BCUT2D eigenvalue weighted by molar-refractivity contribution is 5.90. The van der Waals surface area contributed by atoms with E-state index in [1.165, 1.54) is 17.0 Å². The average Bonchev–Trinajstić information content (AvgIpc) is 2.84. The summed E-state index contributed by atoms with van der Waals surface area (Å²) >= 11 is 0. The Morgan fingerprint density at radius 1 is 1.38 bits per heavy atom. The number of aliphatic carboxylic acids is 1. The Hall–Kier alpha value is -2.08. The number of phenols is 1. The van der Waals surface area contributed by atoms with Crippen molar-refractivity contribution in [2.24, 2.45) is 5.73 Å². The smallest absolute Gasteiger partial charge is 0.329 e. The molecule has 1 unspecified atom stereocenters. The number of aromatic hydroxyl groups is 1. The first-order chi connectivity index (χ1) is 9.84. The van der Waals surface area contributed by atoms with Gasteiger partial charge in [-0.2, -0.15) is 0 Å². The molecule has 1 aromatic carbocycles. The van der Waals surface area contributed by atoms with Gasteiger partial charge in [0, 0.05) is 6.54 Å². The van der Waals surface area contributed by atoms with Crippen LogP contribution in [-0.2, 0) is 16.0 Å². The lowest BCUT2D eigenvalue weighted by molar-refractivity contribution is -0.155. The summed E-state index contributed by atoms with van der Waals surface area (Å²) in [5.41, 5.74) is 5.60. The lowest BCUT2D eigenvalue weighted by Crippen LogP contribution is -2.55. The molecule has 1 aliphatic heterocycles. The first kappa shape index (κ1) is 15.3. The number of phenolic OH excluding ortho intramolecular Hbond substituents is 1. The van der Waals surface area contributed by atoms with E-state index >= 15 is 0 Å². The van der Waals surface area contributed by atoms with Crippen molar-refractivity contribution in [3.8, 4) is 5.75 Å². The van der Waals surface area contributed by atoms with Crippen LogP contribution in [0.2, 0.25) is 0 Å². The fourth-order valence-corrected chi connectivity index (χ4v) is 2.71. The third kappa shape index (κ3) is 3.00. The van der Waals surface area contributed by atoms with Crippen LogP contribution in [-0.4, -0.2) is 45.1 Å². The first-order valence-corrected chi connectivity index (χ1v) is 6.93. The number of amides is 1. The molecule has 1 heterocycles. The van der Waals surface area contributed by atoms with Crippen molar-refractivity contribution >= 4 is 11.9 Å². The van der Waals surface area contributed by atoms with E-state index in [1.54, 1.807) is 19.1 Å². The molecule has 1 amide bonds. The van der Waals surface area contributed by atoms with Crippen molar-refractivity contribution in [2.75, 3.05) is 6.54 Å². The molecule has 1 aliphatic rings. The molecule has 2 rings (SSSR count). The monoisotopic (exact) mass is 292 g/mol. The molecule has 21 heavy (non-hydrogen) atoms. The Bertz CT molecular complexity index is 543. The van der Waals surface area contributed by atoms with Gasteiger partial charge in [-0.25, -0.2) is 4.79 Å². The van der Waals surface area contributed by atoms with Gasteiger partial charge in [0.05, 0.1) is 6.04 Å². The van der Waals surface area contributed by atoms with Gasteiger partial charge in [-0.1, -0.05) is 12.1 Å². The standard InChI is InChI=1S/C15H20N2O4/c1-15(14(20)21)7-2-8-17(15)13(19)12(16)9-10-3-5-11(18)6-4-10/h3-6,12,18H,2,7-9,16H2,1H3,(H,20,21)/t12-,15?/m1/s1. The van der Waals surface area contributed by atoms with Crippen LogP contribution in [0, 0.1) is 0 Å². The van der Waals surface area contributed by atoms with E-state index < -0.39 is 17.6 Å². The van der Waals surface area contributed by atoms with Gasteiger partial charge >= 0.3 is 5.97 Å². The molecule has 0 aliphatic carbocycles. The zero-order chi connectivity index (χ0) is 15.6. The van der Waals surface area contributed by atoms with Crippen molar-refractivity contribution in [3.05, 3.63) is 29.8 Å². The largest absolute Gasteiger partial charge is 0.508 e. The van der Waals surface area contributed by atoms with Crippen LogP contribution >= 0.6 is 0 Å². The maximum absolute atomic E-state index is 12.4. The Labute approximate surface area is 123 Å². The molecule has 1 aromatic rings. The summed E-state index contributed by atoms with van der Waals surface area (Å²) in [6, 6.07) is 5.67. The summed E-state index contributed by atoms with van der Waals surface area (Å²) < 4.78 is 0. The molecule has 0 aromatic heterocycles. The maximum atomic E-state index is 12.4. The van der Waals surface area contributed by atoms with Crippen molar-refractivity contribution in [2.45, 2.75) is 37.8 Å². The molecular weight excluding hydrogens is 272 g/mol. The topological polar surface area (TPSA) is 104 Å². The maximum Gasteiger partial charge on any atom is 0.329 e. The Kier molecular flexibility index (Phi) is 4.18. The zero-order valence-electron chi connectivity index (χ0n) is 12.0. The van der Waals surface area contributed by atoms with Gasteiger partial charge in [0.2, 0.25) is 5.91 Å². The van der Waals surface area contributed by atoms with E-state index in [2.05, 4.69) is 0 Å². The van der Waals surface area contributed by atoms with Gasteiger partial charge in [-0.15, -0.1) is 0 Å². The molecule has 2 atom stereocenters. The molecule has 1 saturated heterocycles. The number of nitrogens with two attached hydrogens (primary N) is 1. The van der Waals surface area contributed by atoms with Crippen LogP contribution in [0.3, 0.4) is 0 Å². The fourth-order valence-electron chi connectivity index (χ4n) is 2.71. The van der Waals surface area contributed by atoms with Gasteiger partial charge < -0.3 is 20.8 Å². The average molecular weight is 292 g/mol. The molecule has 0 saturated carbocycles. The lowest BCUT2D eigenvalue weighted by Gasteiger charge is -2.33. The van der Waals surface area contributed by atoms with Gasteiger partial charge in [0.25, 0.3) is 0 Å². The third-order valence-corrected chi connectivity index (χ3v) is 4.08. The summed E-state index contributed by atoms with van der Waals surface area (Å²) in [6.07, 6.45) is 1.42. The molecule has 0 bridgehead atoms. The second-order valence-electron chi connectivity index (χ2n) is 5.65. The number of carboxylic acid groups (broad SMARTS) is 1. The van der Waals surface area contributed by atoms with Gasteiger partial charge in [0.15, 0.2) is 0 Å². The Balaban J connectivity index is 2.08. The minimum atomic E-state index is -1.16. The number of carbonyl (C=O) groups is 2. The van der Waals surface area contributed by atoms with E-state index in [4.69, 9.17) is 5.73 Å². The van der Waals surface area contributed by atoms with Crippen LogP contribution in [0.5, 0.6) is 5.75 Å². The van der Waals surface area contributed by atoms with Crippen LogP contribution < -0.4 is 5.73 Å². The molecule has 0 spiro atoms. The quantitative estimate of drug-likeness (QED) is 0.759. The number of carboxylic acids is 1. The van der Waals surface area contributed by atoms with Crippen molar-refractivity contribution < 1.29 is 19.8 Å². The number of rotatable bonds is 4. The molecular formula is C15H20N2O4. The predicted molar refractivity (Wildman–Crippen MR) is 76.8 cm³/mol. The lowest BCUT2D eigenvalue weighted by atomic mass is 9.97. The molecule has 6 nitrogen and oxygen atoms in total. The van der Waals surface area contributed by atoms with Crippen molar-refractivity contribution in [3.63, 3.8) is 0 Å². The highest BCUT2D eigenvalue weighted by Crippen LogP contribution is 2.30. The van der Waals surface area contributed by atoms with Crippen molar-refractivity contribution in [1.29, 1.82) is 0 Å². The number of carbonyl (C=O) groups excluding carboxylic acids is 1. The third-order valence-electron chi connectivity index (χ3n) is 4.08. The normalized spacial score (nSPS) is 23.0. The van der Waals surface area contributed by atoms with Gasteiger partial charge in [0.1, 0.15) is 11.3 Å². The minimum absolute atomic E-state index is 0.150. The minimum Gasteiger partial charge on any atom is -0.508 e. The van der Waals surface area contributed by atoms with E-state index in [0.717, 1.165) is 5.56 Å². The number of likely N-dealkylation sites (tertiary alicyclic amines) is 1. The van der Waals surface area contributed by atoms with Crippen molar-refractivity contribution in [1.82, 2.24) is 4.90 Å². The van der Waals surface area contributed by atoms with Crippen LogP contribution in [0.4, 0.5) is 0 Å². The van der Waals surface area contributed by atoms with Crippen LogP contribution in [0.1, 0.15) is 25.3 Å². The predicted octanol–water partition coefficient (Wildman–Crippen LogP) is 0.728. The van der Waals surface area contributed by atoms with Gasteiger partial charge in [-0.3, -0.25) is 4.79 Å². The second kappa shape index (κ2) is 5.73. The molecule has 4 N–H and O–H groups in total. The SMILES string of the molecule is CC1(C(=O)O)CCCN1C(=O)[C@H](N)Cc1ccc(O)cc1. The highest BCUT2D eigenvalue weighted by Gasteiger charge is 2.46. The van der Waals surface area contributed by atoms with E-state index in [1.807, 2.05) is 0 Å². The van der Waals surface area contributed by atoms with Gasteiger partial charge in [-0.05, 0) is 43.9 Å². The number of hydrogen-bond acceptors (Lipinski definition) is 4. The summed E-state index contributed by atoms with van der Waals surface area (Å²) in [5.74, 6) is -1.19. The molecule has 114 valence electrons. The fraction of sp³-hybridized carbons (Fsp3) is 0.467. The molecule has 0 radical (unpaired) electrons. The van der Waals surface area contributed by atoms with E-state index in [-0.39, 0.29) is 11.7 Å².